The molecule has 28 heavy (non-hydrogen) atoms. The van der Waals surface area contributed by atoms with Crippen molar-refractivity contribution in [3.63, 3.8) is 0 Å². The van der Waals surface area contributed by atoms with E-state index >= 15 is 0 Å². The monoisotopic (exact) mass is 415 g/mol. The number of nitrogens with one attached hydrogen (secondary N) is 1. The molecule has 2 aromatic carbocycles. The van der Waals surface area contributed by atoms with Crippen LogP contribution in [0.2, 0.25) is 0 Å². The van der Waals surface area contributed by atoms with E-state index in [0.717, 1.165) is 11.3 Å². The van der Waals surface area contributed by atoms with Crippen LogP contribution in [0.15, 0.2) is 66.7 Å². The van der Waals surface area contributed by atoms with Gasteiger partial charge in [-0.25, -0.2) is 5.14 Å². The van der Waals surface area contributed by atoms with E-state index in [0.29, 0.717) is 23.4 Å². The molecule has 1 aromatic heterocycles. The fraction of sp³-hybridized carbons (Fsp3) is 0.150. The number of halogens is 1. The number of nitrogens with two attached hydrogens (primary N) is 1. The summed E-state index contributed by atoms with van der Waals surface area (Å²) in [7, 11) is -3.91. The molecule has 2 heterocycles. The molecule has 2 atom stereocenters. The van der Waals surface area contributed by atoms with Crippen LogP contribution in [0.3, 0.4) is 0 Å². The van der Waals surface area contributed by atoms with Crippen molar-refractivity contribution in [2.75, 3.05) is 4.72 Å². The Balaban J connectivity index is 1.75. The third kappa shape index (κ3) is 3.44. The number of hydrogen-bond acceptors (Lipinski definition) is 3. The Hall–Kier alpha value is -2.61. The molecule has 0 bridgehead atoms. The Bertz CT molecular complexity index is 1140. The van der Waals surface area contributed by atoms with Gasteiger partial charge in [-0.3, -0.25) is 9.52 Å². The number of ketones is 1. The molecule has 6 nitrogen and oxygen atoms in total. The highest BCUT2D eigenvalue weighted by Crippen LogP contribution is 2.46. The standard InChI is InChI=1S/C20H18ClN3O3S/c21-19-12-15(14-8-4-5-9-16(14)23-28(22,26)27)17-10-11-18(24(17)19)20(25)13-6-2-1-3-7-13/h1-11,15,19,23H,12H2,(H2,22,26,27). The Kier molecular flexibility index (Phi) is 4.74. The van der Waals surface area contributed by atoms with Crippen molar-refractivity contribution in [1.82, 2.24) is 4.57 Å². The molecule has 1 aliphatic rings. The second kappa shape index (κ2) is 7.09. The van der Waals surface area contributed by atoms with Gasteiger partial charge in [0.15, 0.2) is 0 Å². The van der Waals surface area contributed by atoms with Crippen molar-refractivity contribution >= 4 is 33.3 Å². The minimum atomic E-state index is -3.91. The molecule has 0 spiro atoms. The average Bonchev–Trinajstić information content (AvgIpc) is 3.23. The maximum atomic E-state index is 12.9. The van der Waals surface area contributed by atoms with Crippen molar-refractivity contribution in [2.24, 2.45) is 5.14 Å². The average molecular weight is 416 g/mol. The van der Waals surface area contributed by atoms with E-state index in [1.807, 2.05) is 41.0 Å². The van der Waals surface area contributed by atoms with Gasteiger partial charge in [0, 0.05) is 17.2 Å². The van der Waals surface area contributed by atoms with Gasteiger partial charge >= 0.3 is 0 Å². The Labute approximate surface area is 168 Å². The Morgan fingerprint density at radius 3 is 2.43 bits per heavy atom. The third-order valence-corrected chi connectivity index (χ3v) is 5.75. The summed E-state index contributed by atoms with van der Waals surface area (Å²) in [5, 5.41) is 5.15. The van der Waals surface area contributed by atoms with Crippen molar-refractivity contribution in [3.05, 3.63) is 89.2 Å². The topological polar surface area (TPSA) is 94.2 Å². The van der Waals surface area contributed by atoms with Crippen molar-refractivity contribution in [2.45, 2.75) is 17.8 Å². The molecule has 0 aliphatic carbocycles. The molecule has 0 saturated carbocycles. The first-order chi connectivity index (χ1) is 13.3. The van der Waals surface area contributed by atoms with Crippen LogP contribution in [0.5, 0.6) is 0 Å². The van der Waals surface area contributed by atoms with Gasteiger partial charge in [0.25, 0.3) is 10.2 Å². The summed E-state index contributed by atoms with van der Waals surface area (Å²) in [6, 6.07) is 19.7. The Morgan fingerprint density at radius 1 is 1.04 bits per heavy atom. The molecule has 8 heteroatoms. The maximum Gasteiger partial charge on any atom is 0.296 e. The summed E-state index contributed by atoms with van der Waals surface area (Å²) < 4.78 is 27.2. The van der Waals surface area contributed by atoms with Gasteiger partial charge in [0.1, 0.15) is 5.50 Å². The van der Waals surface area contributed by atoms with Crippen LogP contribution in [0.4, 0.5) is 5.69 Å². The van der Waals surface area contributed by atoms with Gasteiger partial charge in [0.2, 0.25) is 5.78 Å². The van der Waals surface area contributed by atoms with Crippen LogP contribution in [0.25, 0.3) is 0 Å². The fourth-order valence-electron chi connectivity index (χ4n) is 3.74. The maximum absolute atomic E-state index is 12.9. The SMILES string of the molecule is NS(=O)(=O)Nc1ccccc1C1CC(Cl)n2c(C(=O)c3ccccc3)ccc21. The van der Waals surface area contributed by atoms with E-state index in [4.69, 9.17) is 16.7 Å². The number of anilines is 1. The van der Waals surface area contributed by atoms with Crippen LogP contribution in [0.1, 0.15) is 45.1 Å². The van der Waals surface area contributed by atoms with E-state index in [9.17, 15) is 13.2 Å². The summed E-state index contributed by atoms with van der Waals surface area (Å²) in [6.07, 6.45) is 0.538. The second-order valence-corrected chi connectivity index (χ2v) is 8.46. The molecule has 1 aliphatic heterocycles. The highest BCUT2D eigenvalue weighted by molar-refractivity contribution is 7.90. The minimum absolute atomic E-state index is 0.103. The summed E-state index contributed by atoms with van der Waals surface area (Å²) >= 11 is 6.60. The molecular formula is C20H18ClN3O3S. The van der Waals surface area contributed by atoms with Gasteiger partial charge in [-0.05, 0) is 30.2 Å². The molecular weight excluding hydrogens is 398 g/mol. The first-order valence-electron chi connectivity index (χ1n) is 8.69. The lowest BCUT2D eigenvalue weighted by molar-refractivity contribution is 0.103. The van der Waals surface area contributed by atoms with Crippen LogP contribution in [-0.4, -0.2) is 18.8 Å². The first-order valence-corrected chi connectivity index (χ1v) is 10.7. The van der Waals surface area contributed by atoms with E-state index in [2.05, 4.69) is 4.72 Å². The van der Waals surface area contributed by atoms with Crippen LogP contribution < -0.4 is 9.86 Å². The van der Waals surface area contributed by atoms with Crippen LogP contribution in [-0.2, 0) is 10.2 Å². The van der Waals surface area contributed by atoms with Gasteiger partial charge in [-0.1, -0.05) is 60.1 Å². The number of fused-ring (bicyclic) bond motifs is 1. The summed E-state index contributed by atoms with van der Waals surface area (Å²) in [5.74, 6) is -0.264. The molecule has 0 fully saturated rings. The van der Waals surface area contributed by atoms with Gasteiger partial charge in [-0.2, -0.15) is 8.42 Å². The lowest BCUT2D eigenvalue weighted by Gasteiger charge is -2.15. The number of carbonyl (C=O) groups is 1. The number of aromatic nitrogens is 1. The Morgan fingerprint density at radius 2 is 1.71 bits per heavy atom. The lowest BCUT2D eigenvalue weighted by Crippen LogP contribution is -2.22. The molecule has 0 radical (unpaired) electrons. The molecule has 3 aromatic rings. The number of carbonyl (C=O) groups excluding carboxylic acids is 1. The highest BCUT2D eigenvalue weighted by Gasteiger charge is 2.35. The number of benzene rings is 2. The molecule has 0 amide bonds. The van der Waals surface area contributed by atoms with Crippen molar-refractivity contribution in [1.29, 1.82) is 0 Å². The summed E-state index contributed by atoms with van der Waals surface area (Å²) in [6.45, 7) is 0. The van der Waals surface area contributed by atoms with Crippen molar-refractivity contribution < 1.29 is 13.2 Å². The third-order valence-electron chi connectivity index (χ3n) is 4.87. The number of hydrogen-bond donors (Lipinski definition) is 2. The summed E-state index contributed by atoms with van der Waals surface area (Å²) in [4.78, 5) is 12.9. The fourth-order valence-corrected chi connectivity index (χ4v) is 4.63. The second-order valence-electron chi connectivity index (χ2n) is 6.67. The molecule has 2 unspecified atom stereocenters. The first kappa shape index (κ1) is 18.7. The van der Waals surface area contributed by atoms with E-state index in [1.54, 1.807) is 30.3 Å². The van der Waals surface area contributed by atoms with Gasteiger partial charge < -0.3 is 4.57 Å². The number of rotatable bonds is 5. The van der Waals surface area contributed by atoms with Gasteiger partial charge in [0.05, 0.1) is 11.4 Å². The van der Waals surface area contributed by atoms with E-state index in [-0.39, 0.29) is 11.7 Å². The normalized spacial score (nSPS) is 18.6. The molecule has 0 saturated heterocycles. The van der Waals surface area contributed by atoms with E-state index < -0.39 is 15.7 Å². The largest absolute Gasteiger partial charge is 0.324 e. The number of alkyl halides is 1. The molecule has 4 rings (SSSR count). The predicted octanol–water partition coefficient (Wildman–Crippen LogP) is 3.61. The van der Waals surface area contributed by atoms with Gasteiger partial charge in [-0.15, -0.1) is 0 Å². The van der Waals surface area contributed by atoms with Crippen molar-refractivity contribution in [3.8, 4) is 0 Å². The smallest absolute Gasteiger partial charge is 0.296 e. The van der Waals surface area contributed by atoms with E-state index in [1.165, 1.54) is 0 Å². The lowest BCUT2D eigenvalue weighted by atomic mass is 9.93. The highest BCUT2D eigenvalue weighted by atomic mass is 35.5. The number of nitrogens with zero attached hydrogens (tertiary/aromatic N) is 1. The predicted molar refractivity (Wildman–Crippen MR) is 109 cm³/mol. The molecule has 3 N–H and O–H groups in total. The zero-order valence-corrected chi connectivity index (χ0v) is 16.3. The van der Waals surface area contributed by atoms with Crippen LogP contribution in [0, 0.1) is 0 Å². The zero-order valence-electron chi connectivity index (χ0n) is 14.7. The minimum Gasteiger partial charge on any atom is -0.324 e. The molecule has 144 valence electrons. The quantitative estimate of drug-likeness (QED) is 0.492. The van der Waals surface area contributed by atoms with Crippen LogP contribution >= 0.6 is 11.6 Å². The summed E-state index contributed by atoms with van der Waals surface area (Å²) in [5.41, 5.74) is 2.72. The number of para-hydroxylation sites is 1. The zero-order chi connectivity index (χ0) is 19.9.